The zero-order chi connectivity index (χ0) is 16.2. The highest BCUT2D eigenvalue weighted by Crippen LogP contribution is 2.12. The van der Waals surface area contributed by atoms with Gasteiger partial charge in [0, 0.05) is 19.7 Å². The van der Waals surface area contributed by atoms with Crippen LogP contribution in [0.1, 0.15) is 24.5 Å². The monoisotopic (exact) mass is 312 g/mol. The smallest absolute Gasteiger partial charge is 0.246 e. The summed E-state index contributed by atoms with van der Waals surface area (Å²) in [5.41, 5.74) is 0.965. The molecular weight excluding hydrogens is 296 g/mol. The standard InChI is InChI=1S/C15H16N6O2/c1-11(22)20(2)9-15-17-13(19-23-15)8-14-18-16-10-21(14)12-6-4-3-5-7-12/h3-7,10H,8-9H2,1-2H3. The average molecular weight is 312 g/mol. The Bertz CT molecular complexity index is 795. The Kier molecular flexibility index (Phi) is 4.13. The first kappa shape index (κ1) is 14.9. The Morgan fingerprint density at radius 3 is 2.83 bits per heavy atom. The third-order valence-corrected chi connectivity index (χ3v) is 3.39. The van der Waals surface area contributed by atoms with Gasteiger partial charge in [-0.05, 0) is 12.1 Å². The third-order valence-electron chi connectivity index (χ3n) is 3.39. The van der Waals surface area contributed by atoms with E-state index in [0.29, 0.717) is 24.0 Å². The molecule has 118 valence electrons. The molecule has 0 fully saturated rings. The Balaban J connectivity index is 1.75. The molecule has 3 aromatic rings. The summed E-state index contributed by atoms with van der Waals surface area (Å²) in [7, 11) is 1.68. The van der Waals surface area contributed by atoms with E-state index in [2.05, 4.69) is 20.3 Å². The molecule has 0 bridgehead atoms. The van der Waals surface area contributed by atoms with Crippen LogP contribution < -0.4 is 0 Å². The fraction of sp³-hybridized carbons (Fsp3) is 0.267. The van der Waals surface area contributed by atoms with Crippen LogP contribution in [0.3, 0.4) is 0 Å². The molecule has 0 saturated carbocycles. The highest BCUT2D eigenvalue weighted by Gasteiger charge is 2.14. The number of rotatable bonds is 5. The van der Waals surface area contributed by atoms with Gasteiger partial charge in [-0.1, -0.05) is 23.4 Å². The molecule has 0 spiro atoms. The van der Waals surface area contributed by atoms with Crippen LogP contribution in [-0.2, 0) is 17.8 Å². The van der Waals surface area contributed by atoms with Crippen molar-refractivity contribution in [2.75, 3.05) is 7.05 Å². The molecule has 8 heteroatoms. The molecule has 0 radical (unpaired) electrons. The Labute approximate surface area is 132 Å². The van der Waals surface area contributed by atoms with E-state index in [9.17, 15) is 4.79 Å². The van der Waals surface area contributed by atoms with Gasteiger partial charge in [-0.3, -0.25) is 9.36 Å². The minimum atomic E-state index is -0.0615. The van der Waals surface area contributed by atoms with Crippen molar-refractivity contribution in [3.63, 3.8) is 0 Å². The van der Waals surface area contributed by atoms with Crippen molar-refractivity contribution < 1.29 is 9.32 Å². The lowest BCUT2D eigenvalue weighted by atomic mass is 10.3. The predicted molar refractivity (Wildman–Crippen MR) is 80.6 cm³/mol. The topological polar surface area (TPSA) is 89.9 Å². The summed E-state index contributed by atoms with van der Waals surface area (Å²) in [6.45, 7) is 1.77. The second kappa shape index (κ2) is 6.39. The van der Waals surface area contributed by atoms with E-state index >= 15 is 0 Å². The van der Waals surface area contributed by atoms with Crippen molar-refractivity contribution in [3.05, 3.63) is 54.2 Å². The van der Waals surface area contributed by atoms with Crippen LogP contribution in [0, 0.1) is 0 Å². The van der Waals surface area contributed by atoms with Crippen LogP contribution in [0.2, 0.25) is 0 Å². The van der Waals surface area contributed by atoms with E-state index in [1.54, 1.807) is 13.4 Å². The van der Waals surface area contributed by atoms with Crippen molar-refractivity contribution in [1.82, 2.24) is 29.8 Å². The molecule has 0 N–H and O–H groups in total. The summed E-state index contributed by atoms with van der Waals surface area (Å²) < 4.78 is 7.04. The molecule has 0 saturated heterocycles. The first-order chi connectivity index (χ1) is 11.1. The lowest BCUT2D eigenvalue weighted by Crippen LogP contribution is -2.23. The first-order valence-corrected chi connectivity index (χ1v) is 7.11. The minimum absolute atomic E-state index is 0.0615. The van der Waals surface area contributed by atoms with E-state index in [1.807, 2.05) is 34.9 Å². The number of carbonyl (C=O) groups is 1. The molecule has 0 unspecified atom stereocenters. The summed E-state index contributed by atoms with van der Waals surface area (Å²) in [6.07, 6.45) is 2.04. The predicted octanol–water partition coefficient (Wildman–Crippen LogP) is 1.22. The minimum Gasteiger partial charge on any atom is -0.337 e. The summed E-state index contributed by atoms with van der Waals surface area (Å²) in [4.78, 5) is 17.0. The Morgan fingerprint density at radius 1 is 1.30 bits per heavy atom. The quantitative estimate of drug-likeness (QED) is 0.703. The molecule has 0 aliphatic heterocycles. The molecule has 8 nitrogen and oxygen atoms in total. The normalized spacial score (nSPS) is 10.7. The van der Waals surface area contributed by atoms with Crippen LogP contribution >= 0.6 is 0 Å². The molecule has 3 rings (SSSR count). The number of para-hydroxylation sites is 1. The number of hydrogen-bond acceptors (Lipinski definition) is 6. The molecular formula is C15H16N6O2. The fourth-order valence-corrected chi connectivity index (χ4v) is 2.07. The molecule has 0 atom stereocenters. The van der Waals surface area contributed by atoms with Crippen molar-refractivity contribution in [1.29, 1.82) is 0 Å². The van der Waals surface area contributed by atoms with Crippen LogP contribution in [0.25, 0.3) is 5.69 Å². The van der Waals surface area contributed by atoms with Crippen LogP contribution in [0.4, 0.5) is 0 Å². The molecule has 23 heavy (non-hydrogen) atoms. The molecule has 2 aromatic heterocycles. The zero-order valence-corrected chi connectivity index (χ0v) is 12.9. The SMILES string of the molecule is CC(=O)N(C)Cc1nc(Cc2nncn2-c2ccccc2)no1. The van der Waals surface area contributed by atoms with E-state index in [4.69, 9.17) is 4.52 Å². The maximum atomic E-state index is 11.2. The number of benzene rings is 1. The molecule has 2 heterocycles. The van der Waals surface area contributed by atoms with Gasteiger partial charge in [0.15, 0.2) is 5.82 Å². The van der Waals surface area contributed by atoms with Crippen LogP contribution in [0.15, 0.2) is 41.2 Å². The largest absolute Gasteiger partial charge is 0.337 e. The maximum Gasteiger partial charge on any atom is 0.246 e. The molecule has 1 amide bonds. The van der Waals surface area contributed by atoms with Gasteiger partial charge in [0.2, 0.25) is 11.8 Å². The zero-order valence-electron chi connectivity index (χ0n) is 12.9. The maximum absolute atomic E-state index is 11.2. The molecule has 0 aliphatic carbocycles. The number of amides is 1. The summed E-state index contributed by atoms with van der Waals surface area (Å²) in [5, 5.41) is 12.0. The van der Waals surface area contributed by atoms with Gasteiger partial charge in [-0.2, -0.15) is 4.98 Å². The van der Waals surface area contributed by atoms with Crippen molar-refractivity contribution in [2.24, 2.45) is 0 Å². The highest BCUT2D eigenvalue weighted by molar-refractivity contribution is 5.72. The van der Waals surface area contributed by atoms with Gasteiger partial charge in [0.25, 0.3) is 0 Å². The summed E-state index contributed by atoms with van der Waals surface area (Å²) in [5.74, 6) is 1.54. The fourth-order valence-electron chi connectivity index (χ4n) is 2.07. The van der Waals surface area contributed by atoms with Gasteiger partial charge >= 0.3 is 0 Å². The van der Waals surface area contributed by atoms with E-state index in [0.717, 1.165) is 5.69 Å². The lowest BCUT2D eigenvalue weighted by molar-refractivity contribution is -0.128. The second-order valence-corrected chi connectivity index (χ2v) is 5.11. The van der Waals surface area contributed by atoms with Crippen molar-refractivity contribution in [3.8, 4) is 5.69 Å². The van der Waals surface area contributed by atoms with Gasteiger partial charge in [-0.15, -0.1) is 10.2 Å². The van der Waals surface area contributed by atoms with E-state index < -0.39 is 0 Å². The molecule has 0 aliphatic rings. The van der Waals surface area contributed by atoms with Gasteiger partial charge in [0.1, 0.15) is 12.2 Å². The van der Waals surface area contributed by atoms with Crippen LogP contribution in [0.5, 0.6) is 0 Å². The summed E-state index contributed by atoms with van der Waals surface area (Å²) in [6, 6.07) is 9.78. The van der Waals surface area contributed by atoms with E-state index in [-0.39, 0.29) is 12.5 Å². The van der Waals surface area contributed by atoms with E-state index in [1.165, 1.54) is 11.8 Å². The Hall–Kier alpha value is -3.03. The first-order valence-electron chi connectivity index (χ1n) is 7.11. The average Bonchev–Trinajstić information content (AvgIpc) is 3.18. The number of nitrogens with zero attached hydrogens (tertiary/aromatic N) is 6. The number of carbonyl (C=O) groups excluding carboxylic acids is 1. The Morgan fingerprint density at radius 2 is 2.09 bits per heavy atom. The van der Waals surface area contributed by atoms with Crippen molar-refractivity contribution >= 4 is 5.91 Å². The molecule has 1 aromatic carbocycles. The highest BCUT2D eigenvalue weighted by atomic mass is 16.5. The van der Waals surface area contributed by atoms with Gasteiger partial charge in [0.05, 0.1) is 13.0 Å². The van der Waals surface area contributed by atoms with Crippen LogP contribution in [-0.4, -0.2) is 42.8 Å². The van der Waals surface area contributed by atoms with Gasteiger partial charge < -0.3 is 9.42 Å². The number of hydrogen-bond donors (Lipinski definition) is 0. The lowest BCUT2D eigenvalue weighted by Gasteiger charge is -2.10. The summed E-state index contributed by atoms with van der Waals surface area (Å²) >= 11 is 0. The third kappa shape index (κ3) is 3.42. The number of aromatic nitrogens is 5. The second-order valence-electron chi connectivity index (χ2n) is 5.11. The van der Waals surface area contributed by atoms with Gasteiger partial charge in [-0.25, -0.2) is 0 Å². The van der Waals surface area contributed by atoms with Crippen molar-refractivity contribution in [2.45, 2.75) is 19.9 Å².